The standard InChI is InChI=1S/C29H29F3N8O4/c1-16(2)39-13-22(29(30,31)32)36-26(39)19-8-4-17(5-9-19)21-14-44-11-10-38(21)27-20(40(41)42)12-33-25(37-27)23-24(18-6-7-18)34-15-35-28(23)43-3/h4-5,8-9,12-13,15-16,18,21H,6-7,10-11,14H2,1-3H3. The van der Waals surface area contributed by atoms with E-state index >= 15 is 0 Å². The van der Waals surface area contributed by atoms with Crippen molar-refractivity contribution in [1.29, 1.82) is 0 Å². The van der Waals surface area contributed by atoms with Gasteiger partial charge in [0.05, 0.1) is 37.0 Å². The second-order valence-corrected chi connectivity index (χ2v) is 10.9. The van der Waals surface area contributed by atoms with Crippen molar-refractivity contribution in [3.63, 3.8) is 0 Å². The number of alkyl halides is 3. The zero-order chi connectivity index (χ0) is 31.2. The molecule has 1 aliphatic heterocycles. The van der Waals surface area contributed by atoms with Crippen LogP contribution in [-0.4, -0.2) is 61.3 Å². The van der Waals surface area contributed by atoms with Gasteiger partial charge in [0.1, 0.15) is 23.9 Å². The average Bonchev–Trinajstić information content (AvgIpc) is 3.76. The van der Waals surface area contributed by atoms with Gasteiger partial charge in [-0.15, -0.1) is 0 Å². The van der Waals surface area contributed by atoms with Gasteiger partial charge in [-0.1, -0.05) is 24.3 Å². The number of hydrogen-bond donors (Lipinski definition) is 0. The zero-order valence-electron chi connectivity index (χ0n) is 24.2. The molecule has 0 radical (unpaired) electrons. The summed E-state index contributed by atoms with van der Waals surface area (Å²) in [5, 5.41) is 12.2. The normalized spacial score (nSPS) is 17.2. The van der Waals surface area contributed by atoms with E-state index in [1.165, 1.54) is 24.2 Å². The molecule has 1 atom stereocenters. The number of ether oxygens (including phenoxy) is 2. The van der Waals surface area contributed by atoms with Crippen molar-refractivity contribution in [3.8, 4) is 28.7 Å². The van der Waals surface area contributed by atoms with Gasteiger partial charge >= 0.3 is 11.9 Å². The molecule has 0 spiro atoms. The molecule has 0 bridgehead atoms. The molecule has 230 valence electrons. The molecular formula is C29H29F3N8O4. The van der Waals surface area contributed by atoms with Crippen molar-refractivity contribution in [2.45, 2.75) is 50.9 Å². The Morgan fingerprint density at radius 1 is 1.11 bits per heavy atom. The van der Waals surface area contributed by atoms with E-state index in [4.69, 9.17) is 14.5 Å². The maximum atomic E-state index is 13.4. The molecule has 12 nitrogen and oxygen atoms in total. The van der Waals surface area contributed by atoms with E-state index in [0.717, 1.165) is 30.3 Å². The Hall–Kier alpha value is -4.66. The predicted molar refractivity (Wildman–Crippen MR) is 152 cm³/mol. The van der Waals surface area contributed by atoms with E-state index in [1.54, 1.807) is 43.0 Å². The van der Waals surface area contributed by atoms with Gasteiger partial charge in [0.25, 0.3) is 0 Å². The van der Waals surface area contributed by atoms with Gasteiger partial charge in [-0.05, 0) is 32.3 Å². The van der Waals surface area contributed by atoms with Crippen LogP contribution in [0.5, 0.6) is 5.88 Å². The van der Waals surface area contributed by atoms with E-state index in [-0.39, 0.29) is 47.6 Å². The first-order valence-corrected chi connectivity index (χ1v) is 14.1. The summed E-state index contributed by atoms with van der Waals surface area (Å²) in [5.74, 6) is 1.00. The number of halogens is 3. The fourth-order valence-electron chi connectivity index (χ4n) is 5.37. The number of imidazole rings is 1. The van der Waals surface area contributed by atoms with Crippen LogP contribution < -0.4 is 9.64 Å². The minimum Gasteiger partial charge on any atom is -0.480 e. The lowest BCUT2D eigenvalue weighted by Gasteiger charge is -2.36. The number of aromatic nitrogens is 6. The fraction of sp³-hybridized carbons (Fsp3) is 0.414. The smallest absolute Gasteiger partial charge is 0.434 e. The molecule has 6 rings (SSSR count). The van der Waals surface area contributed by atoms with Crippen LogP contribution in [0.2, 0.25) is 0 Å². The van der Waals surface area contributed by atoms with Crippen LogP contribution in [0.1, 0.15) is 61.6 Å². The van der Waals surface area contributed by atoms with Crippen LogP contribution in [0.15, 0.2) is 43.0 Å². The molecule has 15 heteroatoms. The van der Waals surface area contributed by atoms with Crippen LogP contribution in [-0.2, 0) is 10.9 Å². The average molecular weight is 611 g/mol. The van der Waals surface area contributed by atoms with Crippen molar-refractivity contribution in [3.05, 3.63) is 70.1 Å². The molecular weight excluding hydrogens is 581 g/mol. The van der Waals surface area contributed by atoms with Gasteiger partial charge in [0.2, 0.25) is 11.7 Å². The molecule has 1 unspecified atom stereocenters. The molecule has 1 aromatic carbocycles. The van der Waals surface area contributed by atoms with Gasteiger partial charge in [-0.25, -0.2) is 24.9 Å². The summed E-state index contributed by atoms with van der Waals surface area (Å²) < 4.78 is 53.1. The van der Waals surface area contributed by atoms with Gasteiger partial charge in [0, 0.05) is 30.3 Å². The highest BCUT2D eigenvalue weighted by Gasteiger charge is 2.37. The van der Waals surface area contributed by atoms with E-state index in [1.807, 2.05) is 0 Å². The topological polar surface area (TPSA) is 134 Å². The molecule has 0 N–H and O–H groups in total. The Morgan fingerprint density at radius 3 is 2.50 bits per heavy atom. The first kappa shape index (κ1) is 29.4. The zero-order valence-corrected chi connectivity index (χ0v) is 24.2. The molecule has 3 aromatic heterocycles. The summed E-state index contributed by atoms with van der Waals surface area (Å²) in [4.78, 5) is 35.0. The predicted octanol–water partition coefficient (Wildman–Crippen LogP) is 5.77. The minimum atomic E-state index is -4.57. The van der Waals surface area contributed by atoms with Crippen LogP contribution in [0.3, 0.4) is 0 Å². The number of nitro groups is 1. The maximum Gasteiger partial charge on any atom is 0.434 e. The third kappa shape index (κ3) is 5.54. The Labute approximate surface area is 250 Å². The summed E-state index contributed by atoms with van der Waals surface area (Å²) in [6.07, 6.45) is 0.932. The molecule has 0 amide bonds. The lowest BCUT2D eigenvalue weighted by Crippen LogP contribution is -2.40. The fourth-order valence-corrected chi connectivity index (χ4v) is 5.37. The second-order valence-electron chi connectivity index (χ2n) is 10.9. The first-order valence-electron chi connectivity index (χ1n) is 14.1. The van der Waals surface area contributed by atoms with Gasteiger partial charge in [0.15, 0.2) is 11.5 Å². The monoisotopic (exact) mass is 610 g/mol. The molecule has 2 aliphatic rings. The van der Waals surface area contributed by atoms with E-state index in [0.29, 0.717) is 24.3 Å². The maximum absolute atomic E-state index is 13.4. The van der Waals surface area contributed by atoms with Gasteiger partial charge in [-0.2, -0.15) is 13.2 Å². The Bertz CT molecular complexity index is 1690. The van der Waals surface area contributed by atoms with Crippen molar-refractivity contribution in [2.75, 3.05) is 31.8 Å². The number of benzene rings is 1. The second kappa shape index (κ2) is 11.4. The molecule has 44 heavy (non-hydrogen) atoms. The van der Waals surface area contributed by atoms with Crippen LogP contribution in [0, 0.1) is 10.1 Å². The number of anilines is 1. The number of rotatable bonds is 8. The number of nitrogens with zero attached hydrogens (tertiary/aromatic N) is 8. The summed E-state index contributed by atoms with van der Waals surface area (Å²) in [5.41, 5.74) is 1.23. The van der Waals surface area contributed by atoms with Gasteiger partial charge in [-0.3, -0.25) is 10.1 Å². The molecule has 1 aliphatic carbocycles. The molecule has 2 fully saturated rings. The van der Waals surface area contributed by atoms with Crippen molar-refractivity contribution in [1.82, 2.24) is 29.5 Å². The number of hydrogen-bond acceptors (Lipinski definition) is 10. The quantitative estimate of drug-likeness (QED) is 0.179. The lowest BCUT2D eigenvalue weighted by atomic mass is 10.0. The minimum absolute atomic E-state index is 0.107. The SMILES string of the molecule is COc1ncnc(C2CC2)c1-c1ncc([N+](=O)[O-])c(N2CCOCC2c2ccc(-c3nc(C(F)(F)F)cn3C(C)C)cc2)n1. The van der Waals surface area contributed by atoms with Crippen LogP contribution in [0.4, 0.5) is 24.7 Å². The highest BCUT2D eigenvalue weighted by atomic mass is 19.4. The summed E-state index contributed by atoms with van der Waals surface area (Å²) in [6.45, 7) is 4.38. The summed E-state index contributed by atoms with van der Waals surface area (Å²) >= 11 is 0. The Morgan fingerprint density at radius 2 is 1.86 bits per heavy atom. The summed E-state index contributed by atoms with van der Waals surface area (Å²) in [6, 6.07) is 6.18. The van der Waals surface area contributed by atoms with Crippen molar-refractivity contribution in [2.24, 2.45) is 0 Å². The molecule has 1 saturated heterocycles. The Kier molecular flexibility index (Phi) is 7.65. The third-order valence-electron chi connectivity index (χ3n) is 7.70. The molecule has 4 aromatic rings. The number of morpholine rings is 1. The lowest BCUT2D eigenvalue weighted by molar-refractivity contribution is -0.384. The van der Waals surface area contributed by atoms with Crippen molar-refractivity contribution >= 4 is 11.5 Å². The molecule has 4 heterocycles. The Balaban J connectivity index is 1.39. The van der Waals surface area contributed by atoms with Crippen molar-refractivity contribution < 1.29 is 27.6 Å². The van der Waals surface area contributed by atoms with Crippen LogP contribution >= 0.6 is 0 Å². The largest absolute Gasteiger partial charge is 0.480 e. The number of methoxy groups -OCH3 is 1. The van der Waals surface area contributed by atoms with Crippen LogP contribution in [0.25, 0.3) is 22.8 Å². The van der Waals surface area contributed by atoms with E-state index in [9.17, 15) is 23.3 Å². The highest BCUT2D eigenvalue weighted by molar-refractivity contribution is 5.70. The third-order valence-corrected chi connectivity index (χ3v) is 7.70. The van der Waals surface area contributed by atoms with E-state index in [2.05, 4.69) is 19.9 Å². The summed E-state index contributed by atoms with van der Waals surface area (Å²) in [7, 11) is 1.48. The highest BCUT2D eigenvalue weighted by Crippen LogP contribution is 2.46. The van der Waals surface area contributed by atoms with E-state index < -0.39 is 22.8 Å². The van der Waals surface area contributed by atoms with Gasteiger partial charge < -0.3 is 18.9 Å². The molecule has 1 saturated carbocycles. The first-order chi connectivity index (χ1) is 21.1.